The summed E-state index contributed by atoms with van der Waals surface area (Å²) in [5.41, 5.74) is 18.3. The second kappa shape index (κ2) is 35.5. The molecular weight excluding hydrogens is 1650 g/mol. The van der Waals surface area contributed by atoms with E-state index in [-0.39, 0.29) is 0 Å². The molecule has 3 heterocycles. The largest absolute Gasteiger partial charge is 0.208 e. The summed E-state index contributed by atoms with van der Waals surface area (Å²) in [5, 5.41) is 23.5. The lowest BCUT2D eigenvalue weighted by molar-refractivity contribution is 1.08. The summed E-state index contributed by atoms with van der Waals surface area (Å²) in [7, 11) is 0. The molecule has 9 nitrogen and oxygen atoms in total. The van der Waals surface area contributed by atoms with Crippen LogP contribution in [0.25, 0.3) is 255 Å². The molecule has 23 aromatic carbocycles. The zero-order valence-corrected chi connectivity index (χ0v) is 73.8. The van der Waals surface area contributed by atoms with Crippen LogP contribution in [0.2, 0.25) is 0 Å². The molecule has 0 aliphatic carbocycles. The number of fused-ring (bicyclic) bond motifs is 10. The normalized spacial score (nSPS) is 11.4. The molecule has 26 aromatic rings. The SMILES string of the molecule is c1ccc(-c2ccc(-c3ccc4cc(-c5nc(-c6ccc7ccccc7c6)nc(-c6ccc7ccccc7c6)n5)ccc4c3)cc2)cc1.c1ccc(-c2ccc3cc(-c4nc(-c5ccc6ccccc6c5)nc(-c5ccc6ccccc6c5)n4)ccc3c2)cc1.c1ccc2cc(-c3ccc4cc(-c5nc(-c6ccc7ccccc7c6)nc(-c6ccc7ccccc7c6)n5)ccc4c3)ccc2c1. The molecule has 0 fully saturated rings. The van der Waals surface area contributed by atoms with Crippen molar-refractivity contribution in [2.24, 2.45) is 0 Å². The van der Waals surface area contributed by atoms with Crippen LogP contribution in [0.5, 0.6) is 0 Å². The maximum Gasteiger partial charge on any atom is 0.164 e. The van der Waals surface area contributed by atoms with Gasteiger partial charge in [0.25, 0.3) is 0 Å². The van der Waals surface area contributed by atoms with Gasteiger partial charge in [-0.15, -0.1) is 0 Å². The van der Waals surface area contributed by atoms with Gasteiger partial charge in [-0.1, -0.05) is 413 Å². The number of hydrogen-bond donors (Lipinski definition) is 0. The van der Waals surface area contributed by atoms with Gasteiger partial charge in [0.1, 0.15) is 0 Å². The molecule has 0 unspecified atom stereocenters. The van der Waals surface area contributed by atoms with Crippen LogP contribution in [0.1, 0.15) is 0 Å². The van der Waals surface area contributed by atoms with Gasteiger partial charge in [0.2, 0.25) is 0 Å². The van der Waals surface area contributed by atoms with E-state index in [1.165, 1.54) is 104 Å². The average molecular weight is 1730 g/mol. The van der Waals surface area contributed by atoms with Crippen LogP contribution in [0.15, 0.2) is 491 Å². The summed E-state index contributed by atoms with van der Waals surface area (Å²) < 4.78 is 0. The highest BCUT2D eigenvalue weighted by Gasteiger charge is 2.20. The van der Waals surface area contributed by atoms with Crippen molar-refractivity contribution in [3.8, 4) is 147 Å². The van der Waals surface area contributed by atoms with E-state index in [0.717, 1.165) is 98.5 Å². The molecule has 0 saturated carbocycles. The fraction of sp³-hybridized carbons (Fsp3) is 0. The molecule has 0 N–H and O–H groups in total. The summed E-state index contributed by atoms with van der Waals surface area (Å²) >= 11 is 0. The summed E-state index contributed by atoms with van der Waals surface area (Å²) in [5.74, 6) is 5.91. The van der Waals surface area contributed by atoms with E-state index in [4.69, 9.17) is 44.9 Å². The molecule has 26 rings (SSSR count). The van der Waals surface area contributed by atoms with E-state index in [9.17, 15) is 0 Å². The maximum atomic E-state index is 5.05. The van der Waals surface area contributed by atoms with Crippen LogP contribution in [0, 0.1) is 0 Å². The standard InChI is InChI=1S/C45H29N3.C43H27N3.C39H25N3/c1-2-8-30(9-3-1)33-14-16-34(17-15-33)37-20-21-39-29-42(25-22-38(39)26-37)45-47-43(40-23-18-31-10-4-6-12-35(31)27-40)46-44(48-45)41-24-19-32-11-5-7-13-36(32)28-41;1-4-10-31-23-34(16-13-28(31)7-1)35-17-18-37-27-40(22-19-36(37)24-35)43-45-41(38-20-14-29-8-2-5-11-32(29)25-38)44-42(46-43)39-21-15-30-9-3-6-12-33(30)26-39;1-2-8-26(9-3-1)31-16-17-33-25-36(21-18-32(33)22-31)39-41-37(34-19-14-27-10-4-6-12-29(27)23-34)40-38(42-39)35-20-15-28-11-5-7-13-30(28)24-35/h1-29H;1-27H;1-25H. The van der Waals surface area contributed by atoms with Crippen LogP contribution in [0.3, 0.4) is 0 Å². The molecule has 0 saturated heterocycles. The van der Waals surface area contributed by atoms with Crippen molar-refractivity contribution in [2.45, 2.75) is 0 Å². The third kappa shape index (κ3) is 16.7. The highest BCUT2D eigenvalue weighted by Crippen LogP contribution is 2.39. The molecule has 634 valence electrons. The lowest BCUT2D eigenvalue weighted by atomic mass is 9.97. The third-order valence-electron chi connectivity index (χ3n) is 25.8. The second-order valence-electron chi connectivity index (χ2n) is 34.5. The summed E-state index contributed by atoms with van der Waals surface area (Å²) in [4.78, 5) is 45.3. The van der Waals surface area contributed by atoms with E-state index < -0.39 is 0 Å². The molecule has 0 spiro atoms. The lowest BCUT2D eigenvalue weighted by Gasteiger charge is -2.11. The average Bonchev–Trinajstić information content (AvgIpc) is 0.781. The van der Waals surface area contributed by atoms with Gasteiger partial charge in [-0.05, 0) is 231 Å². The van der Waals surface area contributed by atoms with Crippen LogP contribution in [-0.2, 0) is 0 Å². The number of nitrogens with zero attached hydrogens (tertiary/aromatic N) is 9. The van der Waals surface area contributed by atoms with Crippen LogP contribution < -0.4 is 0 Å². The smallest absolute Gasteiger partial charge is 0.164 e. The van der Waals surface area contributed by atoms with E-state index in [1.54, 1.807) is 0 Å². The topological polar surface area (TPSA) is 116 Å². The Bertz CT molecular complexity index is 8840. The number of hydrogen-bond acceptors (Lipinski definition) is 9. The third-order valence-corrected chi connectivity index (χ3v) is 25.8. The quantitative estimate of drug-likeness (QED) is 0.111. The van der Waals surface area contributed by atoms with E-state index >= 15 is 0 Å². The molecule has 3 aromatic heterocycles. The molecule has 0 atom stereocenters. The zero-order valence-electron chi connectivity index (χ0n) is 73.8. The predicted octanol–water partition coefficient (Wildman–Crippen LogP) is 32.8. The van der Waals surface area contributed by atoms with E-state index in [1.807, 2.05) is 12.1 Å². The molecule has 0 aliphatic heterocycles. The fourth-order valence-corrected chi connectivity index (χ4v) is 18.4. The minimum atomic E-state index is 0.652. The van der Waals surface area contributed by atoms with Gasteiger partial charge in [-0.2, -0.15) is 0 Å². The van der Waals surface area contributed by atoms with Gasteiger partial charge in [-0.3, -0.25) is 0 Å². The lowest BCUT2D eigenvalue weighted by Crippen LogP contribution is -2.00. The summed E-state index contributed by atoms with van der Waals surface area (Å²) in [6.07, 6.45) is 0. The van der Waals surface area contributed by atoms with Crippen molar-refractivity contribution in [3.05, 3.63) is 491 Å². The Hall–Kier alpha value is -18.3. The van der Waals surface area contributed by atoms with E-state index in [0.29, 0.717) is 52.4 Å². The Kier molecular flexibility index (Phi) is 21.1. The first-order valence-electron chi connectivity index (χ1n) is 45.8. The molecule has 9 heteroatoms. The highest BCUT2D eigenvalue weighted by molar-refractivity contribution is 5.99. The number of benzene rings is 23. The molecular formula is C127H81N9. The monoisotopic (exact) mass is 1730 g/mol. The summed E-state index contributed by atoms with van der Waals surface area (Å²) in [6, 6.07) is 173. The van der Waals surface area contributed by atoms with Crippen molar-refractivity contribution < 1.29 is 0 Å². The van der Waals surface area contributed by atoms with Gasteiger partial charge in [-0.25, -0.2) is 44.9 Å². The molecule has 0 radical (unpaired) electrons. The van der Waals surface area contributed by atoms with Crippen molar-refractivity contribution in [3.63, 3.8) is 0 Å². The summed E-state index contributed by atoms with van der Waals surface area (Å²) in [6.45, 7) is 0. The Morgan fingerprint density at radius 1 is 0.0735 bits per heavy atom. The maximum absolute atomic E-state index is 5.05. The first-order chi connectivity index (χ1) is 67.2. The second-order valence-corrected chi connectivity index (χ2v) is 34.5. The van der Waals surface area contributed by atoms with Crippen LogP contribution in [0.4, 0.5) is 0 Å². The van der Waals surface area contributed by atoms with Crippen molar-refractivity contribution in [1.29, 1.82) is 0 Å². The molecule has 0 aliphatic rings. The number of rotatable bonds is 13. The predicted molar refractivity (Wildman–Crippen MR) is 565 cm³/mol. The Morgan fingerprint density at radius 3 is 0.360 bits per heavy atom. The van der Waals surface area contributed by atoms with Gasteiger partial charge < -0.3 is 0 Å². The Balaban J connectivity index is 0.000000112. The number of aromatic nitrogens is 9. The van der Waals surface area contributed by atoms with Crippen molar-refractivity contribution in [1.82, 2.24) is 44.9 Å². The minimum absolute atomic E-state index is 0.652. The van der Waals surface area contributed by atoms with Crippen molar-refractivity contribution in [2.75, 3.05) is 0 Å². The first-order valence-corrected chi connectivity index (χ1v) is 45.8. The Labute approximate surface area is 785 Å². The molecule has 0 bridgehead atoms. The minimum Gasteiger partial charge on any atom is -0.208 e. The molecule has 136 heavy (non-hydrogen) atoms. The van der Waals surface area contributed by atoms with Crippen molar-refractivity contribution >= 4 is 108 Å². The van der Waals surface area contributed by atoms with Gasteiger partial charge in [0.05, 0.1) is 0 Å². The van der Waals surface area contributed by atoms with E-state index in [2.05, 4.69) is 479 Å². The fourth-order valence-electron chi connectivity index (χ4n) is 18.4. The Morgan fingerprint density at radius 2 is 0.176 bits per heavy atom. The first kappa shape index (κ1) is 81.0. The van der Waals surface area contributed by atoms with Gasteiger partial charge in [0, 0.05) is 50.1 Å². The van der Waals surface area contributed by atoms with Crippen LogP contribution in [-0.4, -0.2) is 44.9 Å². The molecule has 0 amide bonds. The highest BCUT2D eigenvalue weighted by atomic mass is 15.1. The van der Waals surface area contributed by atoms with Gasteiger partial charge in [0.15, 0.2) is 52.4 Å². The van der Waals surface area contributed by atoms with Gasteiger partial charge >= 0.3 is 0 Å². The zero-order chi connectivity index (χ0) is 90.2. The van der Waals surface area contributed by atoms with Crippen LogP contribution >= 0.6 is 0 Å².